The van der Waals surface area contributed by atoms with Gasteiger partial charge in [-0.3, -0.25) is 14.3 Å². The van der Waals surface area contributed by atoms with Gasteiger partial charge in [-0.2, -0.15) is 5.10 Å². The molecule has 1 aliphatic carbocycles. The molecule has 9 heteroatoms. The Kier molecular flexibility index (Phi) is 6.27. The zero-order valence-electron chi connectivity index (χ0n) is 20.0. The minimum absolute atomic E-state index is 0.0586. The molecule has 2 aliphatic rings. The molecule has 1 spiro atoms. The second kappa shape index (κ2) is 9.40. The lowest BCUT2D eigenvalue weighted by atomic mass is 9.65. The molecule has 0 unspecified atom stereocenters. The first-order valence-electron chi connectivity index (χ1n) is 11.8. The Bertz CT molecular complexity index is 1400. The lowest BCUT2D eigenvalue weighted by Gasteiger charge is -2.45. The smallest absolute Gasteiger partial charge is 0.276 e. The molecule has 5 rings (SSSR count). The third-order valence-corrected chi connectivity index (χ3v) is 7.31. The molecule has 1 saturated carbocycles. The summed E-state index contributed by atoms with van der Waals surface area (Å²) in [6, 6.07) is 7.83. The van der Waals surface area contributed by atoms with Crippen molar-refractivity contribution in [2.24, 2.45) is 5.41 Å². The number of aryl methyl sites for hydroxylation is 1. The number of amides is 2. The number of pyridine rings is 1. The van der Waals surface area contributed by atoms with Gasteiger partial charge in [-0.15, -0.1) is 0 Å². The van der Waals surface area contributed by atoms with Crippen molar-refractivity contribution in [3.05, 3.63) is 75.9 Å². The van der Waals surface area contributed by atoms with Crippen LogP contribution in [0, 0.1) is 30.0 Å². The number of carbonyl (C=O) groups excluding carboxylic acids is 2. The van der Waals surface area contributed by atoms with Crippen LogP contribution < -0.4 is 5.32 Å². The summed E-state index contributed by atoms with van der Waals surface area (Å²) >= 11 is 6.36. The normalized spacial score (nSPS) is 20.6. The summed E-state index contributed by atoms with van der Waals surface area (Å²) in [5, 5.41) is 7.52. The van der Waals surface area contributed by atoms with Gasteiger partial charge in [-0.05, 0) is 67.5 Å². The van der Waals surface area contributed by atoms with E-state index < -0.39 is 0 Å². The zero-order valence-corrected chi connectivity index (χ0v) is 20.8. The maximum absolute atomic E-state index is 13.2. The predicted octanol–water partition coefficient (Wildman–Crippen LogP) is 4.60. The summed E-state index contributed by atoms with van der Waals surface area (Å²) < 4.78 is 14.8. The highest BCUT2D eigenvalue weighted by atomic mass is 35.5. The van der Waals surface area contributed by atoms with Gasteiger partial charge in [0.15, 0.2) is 0 Å². The number of carbonyl (C=O) groups is 2. The van der Waals surface area contributed by atoms with E-state index in [2.05, 4.69) is 27.2 Å². The number of aromatic nitrogens is 3. The molecule has 36 heavy (non-hydrogen) atoms. The maximum Gasteiger partial charge on any atom is 0.276 e. The molecule has 0 radical (unpaired) electrons. The monoisotopic (exact) mass is 505 g/mol. The van der Waals surface area contributed by atoms with Crippen molar-refractivity contribution in [3.8, 4) is 11.8 Å². The first-order valence-corrected chi connectivity index (χ1v) is 12.1. The van der Waals surface area contributed by atoms with Crippen molar-refractivity contribution in [2.75, 3.05) is 18.4 Å². The van der Waals surface area contributed by atoms with Crippen LogP contribution in [0.1, 0.15) is 59.4 Å². The fraction of sp³-hybridized carbons (Fsp3) is 0.333. The predicted molar refractivity (Wildman–Crippen MR) is 134 cm³/mol. The molecule has 1 saturated heterocycles. The van der Waals surface area contributed by atoms with Crippen molar-refractivity contribution in [2.45, 2.75) is 39.2 Å². The Labute approximate surface area is 213 Å². The van der Waals surface area contributed by atoms with Crippen molar-refractivity contribution in [1.29, 1.82) is 0 Å². The van der Waals surface area contributed by atoms with Crippen LogP contribution in [0.2, 0.25) is 5.02 Å². The average Bonchev–Trinajstić information content (AvgIpc) is 3.44. The molecule has 1 aliphatic heterocycles. The number of rotatable bonds is 3. The number of hydrogen-bond acceptors (Lipinski definition) is 4. The Morgan fingerprint density at radius 3 is 2.56 bits per heavy atom. The Morgan fingerprint density at radius 2 is 1.89 bits per heavy atom. The van der Waals surface area contributed by atoms with Gasteiger partial charge in [0.2, 0.25) is 5.91 Å². The van der Waals surface area contributed by atoms with Gasteiger partial charge in [0.05, 0.1) is 17.3 Å². The number of nitrogens with one attached hydrogen (secondary N) is 1. The molecule has 7 nitrogen and oxygen atoms in total. The third kappa shape index (κ3) is 4.71. The highest BCUT2D eigenvalue weighted by Crippen LogP contribution is 2.54. The fourth-order valence-corrected chi connectivity index (χ4v) is 5.31. The number of halogens is 2. The summed E-state index contributed by atoms with van der Waals surface area (Å²) in [5.41, 5.74) is 2.52. The van der Waals surface area contributed by atoms with Crippen LogP contribution in [-0.2, 0) is 4.79 Å². The Morgan fingerprint density at radius 1 is 1.17 bits per heavy atom. The quantitative estimate of drug-likeness (QED) is 0.527. The topological polar surface area (TPSA) is 80.1 Å². The molecule has 3 heterocycles. The number of nitrogens with zero attached hydrogens (tertiary/aromatic N) is 4. The number of likely N-dealkylation sites (tertiary alicyclic amines) is 1. The first kappa shape index (κ1) is 24.0. The van der Waals surface area contributed by atoms with Crippen molar-refractivity contribution in [3.63, 3.8) is 0 Å². The van der Waals surface area contributed by atoms with Gasteiger partial charge in [-0.25, -0.2) is 9.37 Å². The van der Waals surface area contributed by atoms with Crippen molar-refractivity contribution < 1.29 is 14.0 Å². The van der Waals surface area contributed by atoms with Crippen LogP contribution in [-0.4, -0.2) is 44.6 Å². The lowest BCUT2D eigenvalue weighted by molar-refractivity contribution is -0.128. The summed E-state index contributed by atoms with van der Waals surface area (Å²) in [6.45, 7) is 4.98. The third-order valence-electron chi connectivity index (χ3n) is 7.04. The van der Waals surface area contributed by atoms with E-state index in [1.54, 1.807) is 29.9 Å². The molecule has 0 atom stereocenters. The van der Waals surface area contributed by atoms with E-state index in [4.69, 9.17) is 11.6 Å². The highest BCUT2D eigenvalue weighted by Gasteiger charge is 2.50. The van der Waals surface area contributed by atoms with Gasteiger partial charge < -0.3 is 10.2 Å². The van der Waals surface area contributed by atoms with Crippen LogP contribution in [0.5, 0.6) is 0 Å². The SMILES string of the molecule is CC(=O)N1CCC2(CC(n3ncc(Cl)c3C(=O)Nc3ncc(C#Cc4ccc(F)cc4)cc3C)C2)C1. The lowest BCUT2D eigenvalue weighted by Crippen LogP contribution is -2.42. The molecular formula is C27H25ClFN5O2. The number of hydrogen-bond donors (Lipinski definition) is 1. The zero-order chi connectivity index (χ0) is 25.4. The van der Waals surface area contributed by atoms with E-state index in [9.17, 15) is 14.0 Å². The minimum Gasteiger partial charge on any atom is -0.342 e. The van der Waals surface area contributed by atoms with E-state index in [1.807, 2.05) is 17.9 Å². The molecule has 2 aromatic heterocycles. The molecule has 1 N–H and O–H groups in total. The number of benzene rings is 1. The molecule has 2 amide bonds. The van der Waals surface area contributed by atoms with Crippen LogP contribution in [0.3, 0.4) is 0 Å². The van der Waals surface area contributed by atoms with Crippen LogP contribution >= 0.6 is 11.6 Å². The molecule has 1 aromatic carbocycles. The first-order chi connectivity index (χ1) is 17.2. The second-order valence-corrected chi connectivity index (χ2v) is 10.0. The molecule has 184 valence electrons. The maximum atomic E-state index is 13.2. The fourth-order valence-electron chi connectivity index (χ4n) is 5.10. The van der Waals surface area contributed by atoms with Crippen molar-refractivity contribution in [1.82, 2.24) is 19.7 Å². The van der Waals surface area contributed by atoms with E-state index >= 15 is 0 Å². The summed E-state index contributed by atoms with van der Waals surface area (Å²) in [7, 11) is 0. The number of anilines is 1. The molecule has 2 fully saturated rings. The van der Waals surface area contributed by atoms with Gasteiger partial charge in [0.1, 0.15) is 17.3 Å². The summed E-state index contributed by atoms with van der Waals surface area (Å²) in [4.78, 5) is 31.2. The Balaban J connectivity index is 1.27. The molecular weight excluding hydrogens is 481 g/mol. The van der Waals surface area contributed by atoms with Crippen LogP contribution in [0.25, 0.3) is 0 Å². The van der Waals surface area contributed by atoms with Crippen LogP contribution in [0.15, 0.2) is 42.7 Å². The van der Waals surface area contributed by atoms with E-state index in [1.165, 1.54) is 18.3 Å². The Hall–Kier alpha value is -3.70. The van der Waals surface area contributed by atoms with Crippen LogP contribution in [0.4, 0.5) is 10.2 Å². The molecule has 3 aromatic rings. The molecule has 0 bridgehead atoms. The van der Waals surface area contributed by atoms with Gasteiger partial charge in [0.25, 0.3) is 5.91 Å². The van der Waals surface area contributed by atoms with Gasteiger partial charge in [0, 0.05) is 37.3 Å². The highest BCUT2D eigenvalue weighted by molar-refractivity contribution is 6.34. The van der Waals surface area contributed by atoms with E-state index in [-0.39, 0.29) is 34.1 Å². The second-order valence-electron chi connectivity index (χ2n) is 9.64. The van der Waals surface area contributed by atoms with Gasteiger partial charge >= 0.3 is 0 Å². The average molecular weight is 506 g/mol. The standard InChI is InChI=1S/C27H25ClFN5O2/c1-17-11-20(4-3-19-5-7-21(29)8-6-19)14-30-25(17)32-26(36)24-23(28)15-31-34(24)22-12-27(13-22)9-10-33(16-27)18(2)35/h5-8,11,14-15,22H,9-10,12-13,16H2,1-2H3,(H,30,32,36). The summed E-state index contributed by atoms with van der Waals surface area (Å²) in [5.74, 6) is 5.80. The van der Waals surface area contributed by atoms with Gasteiger partial charge in [-0.1, -0.05) is 23.4 Å². The minimum atomic E-state index is -0.379. The van der Waals surface area contributed by atoms with E-state index in [0.717, 1.165) is 37.9 Å². The van der Waals surface area contributed by atoms with E-state index in [0.29, 0.717) is 22.6 Å². The largest absolute Gasteiger partial charge is 0.342 e. The van der Waals surface area contributed by atoms with Crippen molar-refractivity contribution >= 4 is 29.2 Å². The summed E-state index contributed by atoms with van der Waals surface area (Å²) in [6.07, 6.45) is 5.75.